The molecule has 0 aliphatic carbocycles. The maximum absolute atomic E-state index is 11.7. The van der Waals surface area contributed by atoms with Crippen LogP contribution >= 0.6 is 0 Å². The molecule has 2 N–H and O–H groups in total. The van der Waals surface area contributed by atoms with Crippen LogP contribution in [0.5, 0.6) is 0 Å². The van der Waals surface area contributed by atoms with Gasteiger partial charge in [-0.25, -0.2) is 4.79 Å². The Morgan fingerprint density at radius 1 is 1.22 bits per heavy atom. The fraction of sp³-hybridized carbons (Fsp3) is 0.667. The van der Waals surface area contributed by atoms with Crippen molar-refractivity contribution in [1.29, 1.82) is 0 Å². The average Bonchev–Trinajstić information content (AvgIpc) is 2.56. The number of nitrogen functional groups attached to an aromatic ring is 1. The summed E-state index contributed by atoms with van der Waals surface area (Å²) in [6.07, 6.45) is -0.252. The van der Waals surface area contributed by atoms with Gasteiger partial charge in [0.2, 0.25) is 5.95 Å². The number of carbonyl (C=O) groups excluding carboxylic acids is 1. The molecule has 1 aliphatic rings. The van der Waals surface area contributed by atoms with Gasteiger partial charge in [-0.1, -0.05) is 0 Å². The van der Waals surface area contributed by atoms with Crippen molar-refractivity contribution in [2.24, 2.45) is 0 Å². The van der Waals surface area contributed by atoms with Crippen molar-refractivity contribution >= 4 is 23.7 Å². The fourth-order valence-electron chi connectivity index (χ4n) is 2.58. The first-order valence-electron chi connectivity index (χ1n) is 8.15. The van der Waals surface area contributed by atoms with E-state index in [1.54, 1.807) is 11.0 Å². The van der Waals surface area contributed by atoms with Gasteiger partial charge in [0.1, 0.15) is 11.6 Å². The number of amides is 1. The number of anilines is 3. The quantitative estimate of drug-likeness (QED) is 0.871. The van der Waals surface area contributed by atoms with Crippen LogP contribution in [0.2, 0.25) is 0 Å². The van der Waals surface area contributed by atoms with Gasteiger partial charge < -0.3 is 25.2 Å². The van der Waals surface area contributed by atoms with Gasteiger partial charge in [0, 0.05) is 45.3 Å². The Hall–Kier alpha value is -2.25. The average molecular weight is 322 g/mol. The second kappa shape index (κ2) is 7.85. The third-order valence-electron chi connectivity index (χ3n) is 3.90. The predicted molar refractivity (Wildman–Crippen MR) is 90.8 cm³/mol. The minimum Gasteiger partial charge on any atom is -0.450 e. The molecule has 0 spiro atoms. The van der Waals surface area contributed by atoms with Crippen molar-refractivity contribution in [2.75, 3.05) is 61.4 Å². The van der Waals surface area contributed by atoms with Crippen LogP contribution in [0.15, 0.2) is 6.07 Å². The molecule has 0 saturated carbocycles. The summed E-state index contributed by atoms with van der Waals surface area (Å²) in [6, 6.07) is 1.78. The molecular weight excluding hydrogens is 296 g/mol. The predicted octanol–water partition coefficient (Wildman–Crippen LogP) is 1.18. The minimum absolute atomic E-state index is 0.252. The first-order valence-corrected chi connectivity index (χ1v) is 8.15. The highest BCUT2D eigenvalue weighted by molar-refractivity contribution is 5.68. The number of carbonyl (C=O) groups is 1. The summed E-state index contributed by atoms with van der Waals surface area (Å²) < 4.78 is 5.04. The van der Waals surface area contributed by atoms with Crippen LogP contribution in [0.25, 0.3) is 0 Å². The fourth-order valence-corrected chi connectivity index (χ4v) is 2.58. The van der Waals surface area contributed by atoms with Crippen molar-refractivity contribution in [3.05, 3.63) is 6.07 Å². The zero-order chi connectivity index (χ0) is 16.8. The molecule has 2 rings (SSSR count). The van der Waals surface area contributed by atoms with E-state index in [9.17, 15) is 4.79 Å². The summed E-state index contributed by atoms with van der Waals surface area (Å²) in [5.41, 5.74) is 5.94. The molecule has 1 amide bonds. The standard InChI is InChI=1S/C15H26N6O2/c1-4-19(5-2)14-17-12(16)11-13(18-14)20-7-9-21(10-8-20)15(22)23-6-3/h11H,4-10H2,1-3H3,(H2,16,17,18). The van der Waals surface area contributed by atoms with Gasteiger partial charge in [0.05, 0.1) is 6.61 Å². The van der Waals surface area contributed by atoms with Gasteiger partial charge >= 0.3 is 6.09 Å². The van der Waals surface area contributed by atoms with Crippen molar-refractivity contribution in [3.63, 3.8) is 0 Å². The van der Waals surface area contributed by atoms with Crippen LogP contribution in [0.3, 0.4) is 0 Å². The van der Waals surface area contributed by atoms with Crippen molar-refractivity contribution in [1.82, 2.24) is 14.9 Å². The Balaban J connectivity index is 2.07. The lowest BCUT2D eigenvalue weighted by Crippen LogP contribution is -2.49. The zero-order valence-corrected chi connectivity index (χ0v) is 14.2. The van der Waals surface area contributed by atoms with Crippen LogP contribution in [0.1, 0.15) is 20.8 Å². The van der Waals surface area contributed by atoms with Crippen LogP contribution in [0.4, 0.5) is 22.4 Å². The molecule has 1 saturated heterocycles. The van der Waals surface area contributed by atoms with Crippen LogP contribution in [-0.2, 0) is 4.74 Å². The molecule has 0 aromatic carbocycles. The second-order valence-corrected chi connectivity index (χ2v) is 5.30. The van der Waals surface area contributed by atoms with E-state index in [1.807, 2.05) is 6.92 Å². The monoisotopic (exact) mass is 322 g/mol. The van der Waals surface area contributed by atoms with E-state index < -0.39 is 0 Å². The summed E-state index contributed by atoms with van der Waals surface area (Å²) in [5, 5.41) is 0. The second-order valence-electron chi connectivity index (χ2n) is 5.30. The smallest absolute Gasteiger partial charge is 0.409 e. The lowest BCUT2D eigenvalue weighted by atomic mass is 10.3. The van der Waals surface area contributed by atoms with E-state index in [1.165, 1.54) is 0 Å². The summed E-state index contributed by atoms with van der Waals surface area (Å²) in [6.45, 7) is 10.6. The lowest BCUT2D eigenvalue weighted by Gasteiger charge is -2.35. The molecule has 128 valence electrons. The Morgan fingerprint density at radius 2 is 1.87 bits per heavy atom. The highest BCUT2D eigenvalue weighted by Crippen LogP contribution is 2.20. The van der Waals surface area contributed by atoms with Gasteiger partial charge in [-0.15, -0.1) is 0 Å². The lowest BCUT2D eigenvalue weighted by molar-refractivity contribution is 0.105. The molecule has 2 heterocycles. The molecule has 8 nitrogen and oxygen atoms in total. The number of ether oxygens (including phenoxy) is 1. The van der Waals surface area contributed by atoms with Gasteiger partial charge in [-0.2, -0.15) is 9.97 Å². The Morgan fingerprint density at radius 3 is 2.43 bits per heavy atom. The molecule has 0 unspecified atom stereocenters. The maximum atomic E-state index is 11.7. The van der Waals surface area contributed by atoms with E-state index in [0.29, 0.717) is 44.6 Å². The number of hydrogen-bond acceptors (Lipinski definition) is 7. The molecule has 0 radical (unpaired) electrons. The number of rotatable bonds is 5. The van der Waals surface area contributed by atoms with E-state index in [-0.39, 0.29) is 6.09 Å². The maximum Gasteiger partial charge on any atom is 0.409 e. The number of aromatic nitrogens is 2. The summed E-state index contributed by atoms with van der Waals surface area (Å²) in [4.78, 5) is 26.6. The van der Waals surface area contributed by atoms with Crippen molar-refractivity contribution in [3.8, 4) is 0 Å². The molecule has 1 aromatic rings. The normalized spacial score (nSPS) is 14.7. The number of piperazine rings is 1. The largest absolute Gasteiger partial charge is 0.450 e. The Labute approximate surface area is 137 Å². The van der Waals surface area contributed by atoms with E-state index in [0.717, 1.165) is 18.9 Å². The van der Waals surface area contributed by atoms with Gasteiger partial charge in [-0.05, 0) is 20.8 Å². The van der Waals surface area contributed by atoms with E-state index >= 15 is 0 Å². The third-order valence-corrected chi connectivity index (χ3v) is 3.90. The van der Waals surface area contributed by atoms with Crippen LogP contribution in [-0.4, -0.2) is 66.8 Å². The van der Waals surface area contributed by atoms with E-state index in [4.69, 9.17) is 10.5 Å². The first-order chi connectivity index (χ1) is 11.1. The first kappa shape index (κ1) is 17.1. The van der Waals surface area contributed by atoms with Crippen molar-refractivity contribution in [2.45, 2.75) is 20.8 Å². The highest BCUT2D eigenvalue weighted by atomic mass is 16.6. The number of nitrogens with two attached hydrogens (primary N) is 1. The van der Waals surface area contributed by atoms with E-state index in [2.05, 4.69) is 33.6 Å². The topological polar surface area (TPSA) is 87.8 Å². The summed E-state index contributed by atoms with van der Waals surface area (Å²) in [7, 11) is 0. The Bertz CT molecular complexity index is 527. The number of nitrogens with zero attached hydrogens (tertiary/aromatic N) is 5. The molecular formula is C15H26N6O2. The molecule has 1 aromatic heterocycles. The SMILES string of the molecule is CCOC(=O)N1CCN(c2cc(N)nc(N(CC)CC)n2)CC1. The van der Waals surface area contributed by atoms with Crippen LogP contribution in [0, 0.1) is 0 Å². The summed E-state index contributed by atoms with van der Waals surface area (Å²) in [5.74, 6) is 1.92. The van der Waals surface area contributed by atoms with Crippen molar-refractivity contribution < 1.29 is 9.53 Å². The molecule has 0 bridgehead atoms. The number of hydrogen-bond donors (Lipinski definition) is 1. The molecule has 1 fully saturated rings. The highest BCUT2D eigenvalue weighted by Gasteiger charge is 2.23. The van der Waals surface area contributed by atoms with Gasteiger partial charge in [0.15, 0.2) is 0 Å². The molecule has 23 heavy (non-hydrogen) atoms. The Kier molecular flexibility index (Phi) is 5.84. The molecule has 1 aliphatic heterocycles. The van der Waals surface area contributed by atoms with Gasteiger partial charge in [0.25, 0.3) is 0 Å². The summed E-state index contributed by atoms with van der Waals surface area (Å²) >= 11 is 0. The molecule has 0 atom stereocenters. The zero-order valence-electron chi connectivity index (χ0n) is 14.2. The third kappa shape index (κ3) is 4.14. The van der Waals surface area contributed by atoms with Crippen LogP contribution < -0.4 is 15.5 Å². The molecule has 8 heteroatoms. The van der Waals surface area contributed by atoms with Gasteiger partial charge in [-0.3, -0.25) is 0 Å². The minimum atomic E-state index is -0.252.